The van der Waals surface area contributed by atoms with E-state index in [0.717, 1.165) is 11.8 Å². The van der Waals surface area contributed by atoms with Gasteiger partial charge in [0, 0.05) is 11.9 Å². The van der Waals surface area contributed by atoms with Gasteiger partial charge >= 0.3 is 0 Å². The van der Waals surface area contributed by atoms with Crippen LogP contribution >= 0.6 is 11.6 Å². The second-order valence-corrected chi connectivity index (χ2v) is 5.18. The molecule has 0 N–H and O–H groups in total. The molecular weight excluding hydrogens is 194 g/mol. The fourth-order valence-corrected chi connectivity index (χ4v) is 2.48. The maximum Gasteiger partial charge on any atom is 0.0379 e. The van der Waals surface area contributed by atoms with E-state index in [4.69, 9.17) is 11.6 Å². The van der Waals surface area contributed by atoms with Crippen LogP contribution in [0.1, 0.15) is 46.0 Å². The molecule has 1 fully saturated rings. The summed E-state index contributed by atoms with van der Waals surface area (Å²) in [5.74, 6) is 1.63. The molecule has 0 amide bonds. The number of halogens is 1. The average molecular weight is 218 g/mol. The van der Waals surface area contributed by atoms with Crippen molar-refractivity contribution in [3.8, 4) is 0 Å². The molecule has 1 heterocycles. The van der Waals surface area contributed by atoms with Gasteiger partial charge in [-0.3, -0.25) is 4.90 Å². The van der Waals surface area contributed by atoms with Gasteiger partial charge in [0.15, 0.2) is 0 Å². The lowest BCUT2D eigenvalue weighted by Gasteiger charge is -2.28. The third-order valence-electron chi connectivity index (χ3n) is 3.17. The molecule has 1 rings (SSSR count). The molecule has 1 aliphatic rings. The second kappa shape index (κ2) is 6.68. The molecule has 0 aromatic rings. The van der Waals surface area contributed by atoms with Gasteiger partial charge < -0.3 is 0 Å². The van der Waals surface area contributed by atoms with Gasteiger partial charge in [-0.1, -0.05) is 26.7 Å². The number of hydrogen-bond acceptors (Lipinski definition) is 1. The third-order valence-corrected chi connectivity index (χ3v) is 3.53. The molecule has 1 nitrogen and oxygen atoms in total. The van der Waals surface area contributed by atoms with Crippen molar-refractivity contribution in [2.24, 2.45) is 5.92 Å². The zero-order chi connectivity index (χ0) is 10.4. The predicted molar refractivity (Wildman–Crippen MR) is 64.0 cm³/mol. The summed E-state index contributed by atoms with van der Waals surface area (Å²) in [5.41, 5.74) is 0. The Balaban J connectivity index is 2.36. The molecule has 14 heavy (non-hydrogen) atoms. The van der Waals surface area contributed by atoms with Gasteiger partial charge in [-0.25, -0.2) is 0 Å². The summed E-state index contributed by atoms with van der Waals surface area (Å²) in [7, 11) is 0. The van der Waals surface area contributed by atoms with Gasteiger partial charge in [0.1, 0.15) is 0 Å². The highest BCUT2D eigenvalue weighted by molar-refractivity contribution is 6.18. The smallest absolute Gasteiger partial charge is 0.0379 e. The van der Waals surface area contributed by atoms with Crippen LogP contribution in [-0.4, -0.2) is 29.9 Å². The van der Waals surface area contributed by atoms with E-state index in [1.807, 2.05) is 0 Å². The zero-order valence-corrected chi connectivity index (χ0v) is 10.4. The molecule has 0 aromatic carbocycles. The van der Waals surface area contributed by atoms with Crippen molar-refractivity contribution in [2.75, 3.05) is 19.0 Å². The van der Waals surface area contributed by atoms with E-state index in [1.54, 1.807) is 0 Å². The van der Waals surface area contributed by atoms with Gasteiger partial charge in [0.25, 0.3) is 0 Å². The third kappa shape index (κ3) is 4.18. The molecule has 0 saturated carbocycles. The van der Waals surface area contributed by atoms with Crippen LogP contribution in [0.5, 0.6) is 0 Å². The fourth-order valence-electron chi connectivity index (χ4n) is 2.13. The predicted octanol–water partition coefficient (Wildman–Crippen LogP) is 3.52. The number of alkyl halides is 1. The number of likely N-dealkylation sites (tertiary alicyclic amines) is 1. The Morgan fingerprint density at radius 3 is 2.71 bits per heavy atom. The minimum Gasteiger partial charge on any atom is -0.299 e. The first-order valence-electron chi connectivity index (χ1n) is 6.04. The highest BCUT2D eigenvalue weighted by atomic mass is 35.5. The molecular formula is C12H24ClN. The van der Waals surface area contributed by atoms with Crippen LogP contribution in [-0.2, 0) is 0 Å². The summed E-state index contributed by atoms with van der Waals surface area (Å²) in [6, 6.07) is 0.651. The molecule has 2 heteroatoms. The number of hydrogen-bond donors (Lipinski definition) is 0. The molecule has 1 atom stereocenters. The van der Waals surface area contributed by atoms with Crippen molar-refractivity contribution in [2.45, 2.75) is 52.0 Å². The molecule has 0 aliphatic carbocycles. The van der Waals surface area contributed by atoms with Crippen LogP contribution in [0.2, 0.25) is 0 Å². The summed E-state index contributed by atoms with van der Waals surface area (Å²) < 4.78 is 0. The molecule has 1 saturated heterocycles. The number of rotatable bonds is 4. The van der Waals surface area contributed by atoms with Gasteiger partial charge in [0.2, 0.25) is 0 Å². The summed E-state index contributed by atoms with van der Waals surface area (Å²) in [5, 5.41) is 0. The molecule has 1 unspecified atom stereocenters. The average Bonchev–Trinajstić information content (AvgIpc) is 2.38. The van der Waals surface area contributed by atoms with E-state index < -0.39 is 0 Å². The van der Waals surface area contributed by atoms with E-state index in [-0.39, 0.29) is 0 Å². The van der Waals surface area contributed by atoms with E-state index in [1.165, 1.54) is 45.2 Å². The van der Waals surface area contributed by atoms with Gasteiger partial charge in [-0.05, 0) is 38.3 Å². The molecule has 0 bridgehead atoms. The van der Waals surface area contributed by atoms with Crippen molar-refractivity contribution < 1.29 is 0 Å². The monoisotopic (exact) mass is 217 g/mol. The first-order valence-corrected chi connectivity index (χ1v) is 6.57. The van der Waals surface area contributed by atoms with Crippen LogP contribution in [0.15, 0.2) is 0 Å². The first-order chi connectivity index (χ1) is 6.74. The van der Waals surface area contributed by atoms with Crippen molar-refractivity contribution >= 4 is 11.6 Å². The second-order valence-electron chi connectivity index (χ2n) is 4.88. The first kappa shape index (κ1) is 12.3. The van der Waals surface area contributed by atoms with E-state index in [0.29, 0.717) is 6.04 Å². The Labute approximate surface area is 93.8 Å². The van der Waals surface area contributed by atoms with Crippen LogP contribution in [0, 0.1) is 5.92 Å². The van der Waals surface area contributed by atoms with Crippen LogP contribution < -0.4 is 0 Å². The summed E-state index contributed by atoms with van der Waals surface area (Å²) in [6.45, 7) is 7.11. The highest BCUT2D eigenvalue weighted by Gasteiger charge is 2.19. The van der Waals surface area contributed by atoms with E-state index >= 15 is 0 Å². The Morgan fingerprint density at radius 1 is 1.29 bits per heavy atom. The van der Waals surface area contributed by atoms with E-state index in [9.17, 15) is 0 Å². The fraction of sp³-hybridized carbons (Fsp3) is 1.00. The Morgan fingerprint density at radius 2 is 2.07 bits per heavy atom. The normalized spacial score (nSPS) is 25.3. The maximum atomic E-state index is 6.02. The van der Waals surface area contributed by atoms with Gasteiger partial charge in [0.05, 0.1) is 0 Å². The molecule has 1 aliphatic heterocycles. The quantitative estimate of drug-likeness (QED) is 0.652. The summed E-state index contributed by atoms with van der Waals surface area (Å²) in [6.07, 6.45) is 6.75. The van der Waals surface area contributed by atoms with Crippen molar-refractivity contribution in [3.63, 3.8) is 0 Å². The lowest BCUT2D eigenvalue weighted by Crippen LogP contribution is -2.37. The lowest BCUT2D eigenvalue weighted by molar-refractivity contribution is 0.204. The molecule has 84 valence electrons. The highest BCUT2D eigenvalue weighted by Crippen LogP contribution is 2.18. The Kier molecular flexibility index (Phi) is 5.88. The maximum absolute atomic E-state index is 6.02. The molecule has 0 spiro atoms. The van der Waals surface area contributed by atoms with Crippen LogP contribution in [0.3, 0.4) is 0 Å². The van der Waals surface area contributed by atoms with Gasteiger partial charge in [-0.2, -0.15) is 0 Å². The van der Waals surface area contributed by atoms with Crippen molar-refractivity contribution in [3.05, 3.63) is 0 Å². The Hall–Kier alpha value is 0.250. The summed E-state index contributed by atoms with van der Waals surface area (Å²) in [4.78, 5) is 2.61. The largest absolute Gasteiger partial charge is 0.299 e. The van der Waals surface area contributed by atoms with Gasteiger partial charge in [-0.15, -0.1) is 11.6 Å². The molecule has 0 radical (unpaired) electrons. The molecule has 0 aromatic heterocycles. The summed E-state index contributed by atoms with van der Waals surface area (Å²) >= 11 is 6.02. The SMILES string of the molecule is CC(C)CCN1CCCCCC1CCl. The van der Waals surface area contributed by atoms with Crippen molar-refractivity contribution in [1.29, 1.82) is 0 Å². The zero-order valence-electron chi connectivity index (χ0n) is 9.64. The van der Waals surface area contributed by atoms with E-state index in [2.05, 4.69) is 18.7 Å². The topological polar surface area (TPSA) is 3.24 Å². The standard InChI is InChI=1S/C12H24ClN/c1-11(2)7-9-14-8-5-3-4-6-12(14)10-13/h11-12H,3-10H2,1-2H3. The van der Waals surface area contributed by atoms with Crippen LogP contribution in [0.25, 0.3) is 0 Å². The van der Waals surface area contributed by atoms with Crippen LogP contribution in [0.4, 0.5) is 0 Å². The minimum atomic E-state index is 0.651. The Bertz CT molecular complexity index is 147. The minimum absolute atomic E-state index is 0.651. The number of nitrogens with zero attached hydrogens (tertiary/aromatic N) is 1. The lowest BCUT2D eigenvalue weighted by atomic mass is 10.1. The van der Waals surface area contributed by atoms with Crippen molar-refractivity contribution in [1.82, 2.24) is 4.90 Å².